The van der Waals surface area contributed by atoms with Gasteiger partial charge in [0, 0.05) is 17.8 Å². The van der Waals surface area contributed by atoms with Crippen LogP contribution in [0.15, 0.2) is 24.3 Å². The van der Waals surface area contributed by atoms with Gasteiger partial charge in [-0.3, -0.25) is 4.79 Å². The Bertz CT molecular complexity index is 528. The van der Waals surface area contributed by atoms with Gasteiger partial charge >= 0.3 is 0 Å². The molecule has 0 fully saturated rings. The van der Waals surface area contributed by atoms with Gasteiger partial charge in [-0.25, -0.2) is 0 Å². The number of hydrogen-bond donors (Lipinski definition) is 1. The van der Waals surface area contributed by atoms with Gasteiger partial charge in [0.1, 0.15) is 11.5 Å². The van der Waals surface area contributed by atoms with Crippen LogP contribution in [0.4, 0.5) is 0 Å². The van der Waals surface area contributed by atoms with Gasteiger partial charge in [-0.05, 0) is 23.6 Å². The lowest BCUT2D eigenvalue weighted by molar-refractivity contribution is -0.130. The molecular formula is C21H34O4. The van der Waals surface area contributed by atoms with Crippen molar-refractivity contribution in [3.63, 3.8) is 0 Å². The first-order valence-electron chi connectivity index (χ1n) is 9.02. The first kappa shape index (κ1) is 21.7. The maximum atomic E-state index is 12.2. The molecule has 0 aliphatic heterocycles. The van der Waals surface area contributed by atoms with E-state index in [0.29, 0.717) is 6.61 Å². The molecule has 142 valence electrons. The minimum Gasteiger partial charge on any atom is -0.497 e. The highest BCUT2D eigenvalue weighted by Crippen LogP contribution is 2.26. The standard InChI is InChI=1S/C21H34O4/c1-14(2)20(15(3)18(22)12-19(23)21(4,5)6)25-13-16-8-10-17(24-7)11-9-16/h8-11,14-15,18,20,22H,12-13H2,1-7H3/t15-,18-,20-/m1/s1. The fourth-order valence-electron chi connectivity index (χ4n) is 2.77. The predicted octanol–water partition coefficient (Wildman–Crippen LogP) is 4.24. The SMILES string of the molecule is COc1ccc(CO[C@H](C(C)C)[C@H](C)[C@H](O)CC(=O)C(C)(C)C)cc1. The second kappa shape index (κ2) is 9.35. The van der Waals surface area contributed by atoms with Gasteiger partial charge in [-0.15, -0.1) is 0 Å². The molecule has 1 N–H and O–H groups in total. The van der Waals surface area contributed by atoms with E-state index in [-0.39, 0.29) is 30.1 Å². The average molecular weight is 350 g/mol. The number of carbonyl (C=O) groups is 1. The molecule has 1 aromatic rings. The summed E-state index contributed by atoms with van der Waals surface area (Å²) >= 11 is 0. The lowest BCUT2D eigenvalue weighted by Gasteiger charge is -2.32. The number of rotatable bonds is 9. The quantitative estimate of drug-likeness (QED) is 0.724. The van der Waals surface area contributed by atoms with Gasteiger partial charge in [0.05, 0.1) is 25.9 Å². The van der Waals surface area contributed by atoms with E-state index in [9.17, 15) is 9.90 Å². The van der Waals surface area contributed by atoms with Gasteiger partial charge in [0.2, 0.25) is 0 Å². The summed E-state index contributed by atoms with van der Waals surface area (Å²) in [6, 6.07) is 7.76. The smallest absolute Gasteiger partial charge is 0.140 e. The van der Waals surface area contributed by atoms with Crippen molar-refractivity contribution in [1.82, 2.24) is 0 Å². The predicted molar refractivity (Wildman–Crippen MR) is 101 cm³/mol. The molecule has 3 atom stereocenters. The van der Waals surface area contributed by atoms with Crippen molar-refractivity contribution in [1.29, 1.82) is 0 Å². The van der Waals surface area contributed by atoms with Crippen LogP contribution >= 0.6 is 0 Å². The molecule has 0 aromatic heterocycles. The average Bonchev–Trinajstić information content (AvgIpc) is 2.54. The maximum absolute atomic E-state index is 12.2. The van der Waals surface area contributed by atoms with E-state index in [1.54, 1.807) is 7.11 Å². The van der Waals surface area contributed by atoms with E-state index in [0.717, 1.165) is 11.3 Å². The number of aliphatic hydroxyl groups excluding tert-OH is 1. The molecule has 0 amide bonds. The minimum atomic E-state index is -0.699. The summed E-state index contributed by atoms with van der Waals surface area (Å²) in [5, 5.41) is 10.5. The Morgan fingerprint density at radius 3 is 2.12 bits per heavy atom. The summed E-state index contributed by atoms with van der Waals surface area (Å²) in [7, 11) is 1.64. The number of hydrogen-bond acceptors (Lipinski definition) is 4. The summed E-state index contributed by atoms with van der Waals surface area (Å²) in [4.78, 5) is 12.2. The van der Waals surface area contributed by atoms with E-state index >= 15 is 0 Å². The maximum Gasteiger partial charge on any atom is 0.140 e. The number of ketones is 1. The molecule has 0 saturated carbocycles. The van der Waals surface area contributed by atoms with Crippen LogP contribution in [0.3, 0.4) is 0 Å². The zero-order chi connectivity index (χ0) is 19.2. The molecule has 0 aliphatic carbocycles. The summed E-state index contributed by atoms with van der Waals surface area (Å²) in [5.41, 5.74) is 0.622. The fourth-order valence-corrected chi connectivity index (χ4v) is 2.77. The zero-order valence-corrected chi connectivity index (χ0v) is 16.7. The molecule has 0 bridgehead atoms. The van der Waals surface area contributed by atoms with Crippen LogP contribution in [-0.4, -0.2) is 30.2 Å². The van der Waals surface area contributed by atoms with E-state index in [4.69, 9.17) is 9.47 Å². The van der Waals surface area contributed by atoms with E-state index in [2.05, 4.69) is 13.8 Å². The number of Topliss-reactive ketones (excluding diaryl/α,β-unsaturated/α-hetero) is 1. The van der Waals surface area contributed by atoms with Crippen molar-refractivity contribution in [2.75, 3.05) is 7.11 Å². The Morgan fingerprint density at radius 2 is 1.68 bits per heavy atom. The highest BCUT2D eigenvalue weighted by atomic mass is 16.5. The molecule has 25 heavy (non-hydrogen) atoms. The monoisotopic (exact) mass is 350 g/mol. The van der Waals surface area contributed by atoms with Crippen LogP contribution in [0.1, 0.15) is 53.5 Å². The first-order valence-corrected chi connectivity index (χ1v) is 9.02. The third-order valence-corrected chi connectivity index (χ3v) is 4.61. The van der Waals surface area contributed by atoms with Crippen LogP contribution in [0.5, 0.6) is 5.75 Å². The van der Waals surface area contributed by atoms with Crippen molar-refractivity contribution < 1.29 is 19.4 Å². The molecular weight excluding hydrogens is 316 g/mol. The van der Waals surface area contributed by atoms with Gasteiger partial charge in [-0.2, -0.15) is 0 Å². The van der Waals surface area contributed by atoms with E-state index < -0.39 is 11.5 Å². The van der Waals surface area contributed by atoms with Crippen LogP contribution in [0.2, 0.25) is 0 Å². The van der Waals surface area contributed by atoms with Gasteiger partial charge < -0.3 is 14.6 Å². The Labute approximate surface area is 152 Å². The van der Waals surface area contributed by atoms with Crippen molar-refractivity contribution >= 4 is 5.78 Å². The van der Waals surface area contributed by atoms with Crippen LogP contribution in [-0.2, 0) is 16.1 Å². The highest BCUT2D eigenvalue weighted by Gasteiger charge is 2.31. The summed E-state index contributed by atoms with van der Waals surface area (Å²) in [6.45, 7) is 12.2. The van der Waals surface area contributed by atoms with E-state index in [1.165, 1.54) is 0 Å². The van der Waals surface area contributed by atoms with E-state index in [1.807, 2.05) is 52.0 Å². The lowest BCUT2D eigenvalue weighted by Crippen LogP contribution is -2.38. The molecule has 1 rings (SSSR count). The highest BCUT2D eigenvalue weighted by molar-refractivity contribution is 5.84. The normalized spacial score (nSPS) is 15.7. The Hall–Kier alpha value is -1.39. The molecule has 0 spiro atoms. The summed E-state index contributed by atoms with van der Waals surface area (Å²) < 4.78 is 11.3. The Morgan fingerprint density at radius 1 is 1.12 bits per heavy atom. The molecule has 4 nitrogen and oxygen atoms in total. The Kier molecular flexibility index (Phi) is 8.10. The Balaban J connectivity index is 2.69. The number of aliphatic hydroxyl groups is 1. The second-order valence-electron chi connectivity index (χ2n) is 8.17. The summed E-state index contributed by atoms with van der Waals surface area (Å²) in [6.07, 6.45) is -0.653. The van der Waals surface area contributed by atoms with Crippen molar-refractivity contribution in [3.8, 4) is 5.75 Å². The number of benzene rings is 1. The van der Waals surface area contributed by atoms with Crippen LogP contribution in [0, 0.1) is 17.3 Å². The lowest BCUT2D eigenvalue weighted by atomic mass is 9.82. The van der Waals surface area contributed by atoms with Gasteiger partial charge in [0.15, 0.2) is 0 Å². The van der Waals surface area contributed by atoms with Gasteiger partial charge in [0.25, 0.3) is 0 Å². The molecule has 0 aliphatic rings. The molecule has 0 heterocycles. The summed E-state index contributed by atoms with van der Waals surface area (Å²) in [5.74, 6) is 1.01. The van der Waals surface area contributed by atoms with Crippen molar-refractivity contribution in [2.24, 2.45) is 17.3 Å². The van der Waals surface area contributed by atoms with Crippen molar-refractivity contribution in [3.05, 3.63) is 29.8 Å². The van der Waals surface area contributed by atoms with Crippen molar-refractivity contribution in [2.45, 2.75) is 66.8 Å². The van der Waals surface area contributed by atoms with Crippen LogP contribution in [0.25, 0.3) is 0 Å². The molecule has 0 unspecified atom stereocenters. The number of carbonyl (C=O) groups excluding carboxylic acids is 1. The topological polar surface area (TPSA) is 55.8 Å². The zero-order valence-electron chi connectivity index (χ0n) is 16.7. The molecule has 0 saturated heterocycles. The molecule has 4 heteroatoms. The third-order valence-electron chi connectivity index (χ3n) is 4.61. The number of ether oxygens (including phenoxy) is 2. The van der Waals surface area contributed by atoms with Crippen LogP contribution < -0.4 is 4.74 Å². The fraction of sp³-hybridized carbons (Fsp3) is 0.667. The largest absolute Gasteiger partial charge is 0.497 e. The minimum absolute atomic E-state index is 0.0736. The molecule has 1 aromatic carbocycles. The third kappa shape index (κ3) is 6.79. The second-order valence-corrected chi connectivity index (χ2v) is 8.17. The number of methoxy groups -OCH3 is 1. The van der Waals surface area contributed by atoms with Gasteiger partial charge in [-0.1, -0.05) is 53.7 Å². The first-order chi connectivity index (χ1) is 11.6. The molecule has 0 radical (unpaired) electrons.